The van der Waals surface area contributed by atoms with Crippen molar-refractivity contribution in [3.63, 3.8) is 0 Å². The van der Waals surface area contributed by atoms with Gasteiger partial charge in [-0.05, 0) is 54.3 Å². The third-order valence-electron chi connectivity index (χ3n) is 5.29. The van der Waals surface area contributed by atoms with Gasteiger partial charge in [0.2, 0.25) is 5.91 Å². The molecule has 0 saturated carbocycles. The van der Waals surface area contributed by atoms with Crippen LogP contribution in [0.25, 0.3) is 0 Å². The van der Waals surface area contributed by atoms with Crippen molar-refractivity contribution in [3.8, 4) is 5.75 Å². The lowest BCUT2D eigenvalue weighted by Gasteiger charge is -2.36. The van der Waals surface area contributed by atoms with Gasteiger partial charge in [0.05, 0.1) is 38.0 Å². The molecule has 9 heteroatoms. The number of ether oxygens (including phenoxy) is 2. The fourth-order valence-corrected chi connectivity index (χ4v) is 4.94. The summed E-state index contributed by atoms with van der Waals surface area (Å²) in [5.41, 5.74) is 3.18. The Morgan fingerprint density at radius 1 is 1.18 bits per heavy atom. The zero-order valence-electron chi connectivity index (χ0n) is 18.3. The van der Waals surface area contributed by atoms with Crippen LogP contribution >= 0.6 is 23.4 Å². The molecular formula is C24H22ClN3O4S. The van der Waals surface area contributed by atoms with Crippen LogP contribution in [0.3, 0.4) is 0 Å². The van der Waals surface area contributed by atoms with Gasteiger partial charge < -0.3 is 19.7 Å². The molecule has 1 amide bonds. The molecule has 0 aliphatic carbocycles. The number of carbonyl (C=O) groups is 2. The van der Waals surface area contributed by atoms with E-state index in [1.807, 2.05) is 28.5 Å². The summed E-state index contributed by atoms with van der Waals surface area (Å²) in [7, 11) is 2.93. The van der Waals surface area contributed by atoms with Crippen LogP contribution < -0.4 is 10.1 Å². The maximum atomic E-state index is 12.8. The molecule has 0 fully saturated rings. The molecule has 0 aromatic heterocycles. The first-order valence-electron chi connectivity index (χ1n) is 10.1. The van der Waals surface area contributed by atoms with Crippen molar-refractivity contribution in [2.45, 2.75) is 19.4 Å². The number of methoxy groups -OCH3 is 2. The quantitative estimate of drug-likeness (QED) is 0.574. The normalized spacial score (nSPS) is 17.2. The Morgan fingerprint density at radius 2 is 1.94 bits per heavy atom. The molecule has 2 heterocycles. The van der Waals surface area contributed by atoms with Gasteiger partial charge in [-0.3, -0.25) is 4.79 Å². The Kier molecular flexibility index (Phi) is 6.76. The summed E-state index contributed by atoms with van der Waals surface area (Å²) in [4.78, 5) is 32.1. The Bertz CT molecular complexity index is 1190. The number of nitrogens with one attached hydrogen (secondary N) is 1. The predicted octanol–water partition coefficient (Wildman–Crippen LogP) is 5.13. The van der Waals surface area contributed by atoms with Gasteiger partial charge in [0.25, 0.3) is 0 Å². The van der Waals surface area contributed by atoms with E-state index in [0.717, 1.165) is 11.3 Å². The summed E-state index contributed by atoms with van der Waals surface area (Å²) in [5.74, 6) is 0.0437. The van der Waals surface area contributed by atoms with E-state index in [4.69, 9.17) is 21.1 Å². The molecule has 33 heavy (non-hydrogen) atoms. The average molecular weight is 484 g/mol. The topological polar surface area (TPSA) is 80.2 Å². The lowest BCUT2D eigenvalue weighted by Crippen LogP contribution is -2.37. The molecule has 2 aromatic carbocycles. The second kappa shape index (κ2) is 9.72. The van der Waals surface area contributed by atoms with Gasteiger partial charge in [-0.1, -0.05) is 35.5 Å². The van der Waals surface area contributed by atoms with Crippen molar-refractivity contribution in [3.05, 3.63) is 81.5 Å². The number of allylic oxidation sites excluding steroid dienone is 1. The number of carbonyl (C=O) groups excluding carboxylic acids is 2. The van der Waals surface area contributed by atoms with Gasteiger partial charge in [-0.2, -0.15) is 0 Å². The molecule has 2 aliphatic rings. The summed E-state index contributed by atoms with van der Waals surface area (Å²) in [6.45, 7) is 1.78. The maximum Gasteiger partial charge on any atom is 0.338 e. The molecule has 4 rings (SSSR count). The second-order valence-corrected chi connectivity index (χ2v) is 8.67. The number of fused-ring (bicyclic) bond motifs is 1. The van der Waals surface area contributed by atoms with Crippen LogP contribution in [0.15, 0.2) is 75.9 Å². The van der Waals surface area contributed by atoms with Crippen molar-refractivity contribution < 1.29 is 19.1 Å². The van der Waals surface area contributed by atoms with Crippen LogP contribution in [-0.2, 0) is 14.3 Å². The van der Waals surface area contributed by atoms with Crippen molar-refractivity contribution >= 4 is 46.1 Å². The van der Waals surface area contributed by atoms with Gasteiger partial charge in [0.15, 0.2) is 5.17 Å². The molecule has 2 aromatic rings. The zero-order chi connectivity index (χ0) is 23.5. The van der Waals surface area contributed by atoms with Gasteiger partial charge in [0, 0.05) is 16.4 Å². The molecule has 1 atom stereocenters. The third-order valence-corrected chi connectivity index (χ3v) is 6.41. The van der Waals surface area contributed by atoms with Gasteiger partial charge in [-0.25, -0.2) is 9.79 Å². The first-order chi connectivity index (χ1) is 15.9. The highest BCUT2D eigenvalue weighted by molar-refractivity contribution is 8.16. The van der Waals surface area contributed by atoms with Crippen LogP contribution in [0.2, 0.25) is 5.02 Å². The largest absolute Gasteiger partial charge is 0.497 e. The Hall–Kier alpha value is -3.23. The van der Waals surface area contributed by atoms with E-state index in [1.165, 1.54) is 18.9 Å². The van der Waals surface area contributed by atoms with E-state index in [2.05, 4.69) is 10.3 Å². The highest BCUT2D eigenvalue weighted by atomic mass is 35.5. The summed E-state index contributed by atoms with van der Waals surface area (Å²) in [6, 6.07) is 13.9. The highest BCUT2D eigenvalue weighted by Gasteiger charge is 2.41. The number of hydrogen-bond acceptors (Lipinski definition) is 7. The average Bonchev–Trinajstić information content (AvgIpc) is 3.19. The zero-order valence-corrected chi connectivity index (χ0v) is 19.9. The first-order valence-corrected chi connectivity index (χ1v) is 11.4. The van der Waals surface area contributed by atoms with E-state index < -0.39 is 12.0 Å². The number of hydrogen-bond donors (Lipinski definition) is 1. The number of benzene rings is 2. The lowest BCUT2D eigenvalue weighted by atomic mass is 9.94. The Morgan fingerprint density at radius 3 is 2.61 bits per heavy atom. The molecule has 0 radical (unpaired) electrons. The molecule has 7 nitrogen and oxygen atoms in total. The number of halogens is 1. The monoisotopic (exact) mass is 483 g/mol. The molecule has 0 bridgehead atoms. The van der Waals surface area contributed by atoms with E-state index >= 15 is 0 Å². The van der Waals surface area contributed by atoms with Crippen LogP contribution in [0.1, 0.15) is 24.9 Å². The minimum absolute atomic E-state index is 0.0998. The van der Waals surface area contributed by atoms with Crippen molar-refractivity contribution in [2.24, 2.45) is 4.99 Å². The standard InChI is InChI=1S/C24H22ClN3O4S/c1-14-21(23(30)32-3)22(15-5-4-6-16(25)11-15)28-18(13-33-24(28)26-14)12-20(29)27-17-7-9-19(31-2)10-8-17/h4-11,13,22H,12H2,1-3H3,(H,27,29). The van der Waals surface area contributed by atoms with Crippen LogP contribution in [0, 0.1) is 0 Å². The van der Waals surface area contributed by atoms with Crippen LogP contribution in [-0.4, -0.2) is 36.2 Å². The predicted molar refractivity (Wildman–Crippen MR) is 130 cm³/mol. The minimum atomic E-state index is -0.515. The fraction of sp³-hybridized carbons (Fsp3) is 0.208. The summed E-state index contributed by atoms with van der Waals surface area (Å²) < 4.78 is 10.2. The van der Waals surface area contributed by atoms with Crippen molar-refractivity contribution in [1.82, 2.24) is 4.90 Å². The summed E-state index contributed by atoms with van der Waals surface area (Å²) in [5, 5.41) is 6.02. The first kappa shape index (κ1) is 22.9. The third kappa shape index (κ3) is 4.77. The number of amidine groups is 1. The lowest BCUT2D eigenvalue weighted by molar-refractivity contribution is -0.136. The van der Waals surface area contributed by atoms with Crippen molar-refractivity contribution in [2.75, 3.05) is 19.5 Å². The Balaban J connectivity index is 1.63. The second-order valence-electron chi connectivity index (χ2n) is 7.39. The molecule has 2 aliphatic heterocycles. The van der Waals surface area contributed by atoms with E-state index in [-0.39, 0.29) is 12.3 Å². The van der Waals surface area contributed by atoms with Crippen LogP contribution in [0.5, 0.6) is 5.75 Å². The number of amides is 1. The van der Waals surface area contributed by atoms with Gasteiger partial charge in [0.1, 0.15) is 5.75 Å². The van der Waals surface area contributed by atoms with Gasteiger partial charge in [-0.15, -0.1) is 0 Å². The number of esters is 1. The Labute approximate surface area is 201 Å². The molecule has 0 saturated heterocycles. The number of rotatable bonds is 6. The van der Waals surface area contributed by atoms with Crippen LogP contribution in [0.4, 0.5) is 5.69 Å². The summed E-state index contributed by atoms with van der Waals surface area (Å²) in [6.07, 6.45) is 0.0998. The van der Waals surface area contributed by atoms with Gasteiger partial charge >= 0.3 is 5.97 Å². The number of aliphatic imine (C=N–C) groups is 1. The molecule has 1 N–H and O–H groups in total. The molecule has 170 valence electrons. The number of nitrogens with zero attached hydrogens (tertiary/aromatic N) is 2. The molecule has 0 spiro atoms. The number of anilines is 1. The maximum absolute atomic E-state index is 12.8. The van der Waals surface area contributed by atoms with E-state index in [0.29, 0.717) is 32.9 Å². The minimum Gasteiger partial charge on any atom is -0.497 e. The van der Waals surface area contributed by atoms with Crippen molar-refractivity contribution in [1.29, 1.82) is 0 Å². The molecule has 1 unspecified atom stereocenters. The summed E-state index contributed by atoms with van der Waals surface area (Å²) >= 11 is 7.68. The highest BCUT2D eigenvalue weighted by Crippen LogP contribution is 2.45. The molecular weight excluding hydrogens is 462 g/mol. The number of thioether (sulfide) groups is 1. The SMILES string of the molecule is COC(=O)C1=C(C)N=C2SC=C(CC(=O)Nc3ccc(OC)cc3)N2C1c1cccc(Cl)c1. The smallest absolute Gasteiger partial charge is 0.338 e. The van der Waals surface area contributed by atoms with E-state index in [9.17, 15) is 9.59 Å². The fourth-order valence-electron chi connectivity index (χ4n) is 3.78. The van der Waals surface area contributed by atoms with E-state index in [1.54, 1.807) is 44.4 Å².